The average Bonchev–Trinajstić information content (AvgIpc) is 2.12. The van der Waals surface area contributed by atoms with E-state index in [0.29, 0.717) is 0 Å². The molecule has 0 saturated carbocycles. The summed E-state index contributed by atoms with van der Waals surface area (Å²) in [6.07, 6.45) is 5.64. The summed E-state index contributed by atoms with van der Waals surface area (Å²) in [5.41, 5.74) is 0. The second-order valence-corrected chi connectivity index (χ2v) is 2.81. The van der Waals surface area contributed by atoms with Crippen molar-refractivity contribution in [2.45, 2.75) is 6.10 Å². The SMILES string of the molecule is O=S(=O)(O)OC1C=CC=C1. The predicted octanol–water partition coefficient (Wildman–Crippen LogP) is 0.300. The van der Waals surface area contributed by atoms with Crippen LogP contribution in [0, 0.1) is 0 Å². The molecule has 0 amide bonds. The molecule has 56 valence electrons. The highest BCUT2D eigenvalue weighted by molar-refractivity contribution is 7.80. The smallest absolute Gasteiger partial charge is 0.264 e. The summed E-state index contributed by atoms with van der Waals surface area (Å²) in [4.78, 5) is 0. The summed E-state index contributed by atoms with van der Waals surface area (Å²) in [5.74, 6) is 0. The molecule has 0 radical (unpaired) electrons. The summed E-state index contributed by atoms with van der Waals surface area (Å²) in [5, 5.41) is 0. The van der Waals surface area contributed by atoms with Crippen LogP contribution in [0.3, 0.4) is 0 Å². The van der Waals surface area contributed by atoms with E-state index in [0.717, 1.165) is 0 Å². The van der Waals surface area contributed by atoms with Crippen molar-refractivity contribution in [1.29, 1.82) is 0 Å². The molecular formula is C5H6O4S. The van der Waals surface area contributed by atoms with E-state index in [1.54, 1.807) is 12.2 Å². The van der Waals surface area contributed by atoms with Crippen LogP contribution < -0.4 is 0 Å². The molecule has 0 aromatic heterocycles. The fraction of sp³-hybridized carbons (Fsp3) is 0.200. The van der Waals surface area contributed by atoms with Gasteiger partial charge in [-0.2, -0.15) is 8.42 Å². The van der Waals surface area contributed by atoms with E-state index in [1.165, 1.54) is 12.2 Å². The van der Waals surface area contributed by atoms with Crippen LogP contribution in [0.2, 0.25) is 0 Å². The molecule has 10 heavy (non-hydrogen) atoms. The van der Waals surface area contributed by atoms with Crippen LogP contribution in [-0.2, 0) is 14.6 Å². The van der Waals surface area contributed by atoms with Crippen molar-refractivity contribution >= 4 is 10.4 Å². The molecule has 0 heterocycles. The third-order valence-electron chi connectivity index (χ3n) is 0.945. The Bertz CT molecular complexity index is 249. The standard InChI is InChI=1S/C5H6O4S/c6-10(7,8)9-5-3-1-2-4-5/h1-5H,(H,6,7,8). The molecule has 0 bridgehead atoms. The second kappa shape index (κ2) is 2.53. The van der Waals surface area contributed by atoms with E-state index < -0.39 is 16.5 Å². The van der Waals surface area contributed by atoms with Crippen molar-refractivity contribution in [3.8, 4) is 0 Å². The maximum atomic E-state index is 10.1. The second-order valence-electron chi connectivity index (χ2n) is 1.76. The highest BCUT2D eigenvalue weighted by Gasteiger charge is 2.12. The molecular weight excluding hydrogens is 156 g/mol. The average molecular weight is 162 g/mol. The largest absolute Gasteiger partial charge is 0.398 e. The lowest BCUT2D eigenvalue weighted by molar-refractivity contribution is 0.255. The number of rotatable bonds is 2. The lowest BCUT2D eigenvalue weighted by Gasteiger charge is -2.01. The van der Waals surface area contributed by atoms with Crippen molar-refractivity contribution in [3.05, 3.63) is 24.3 Å². The molecule has 1 aliphatic rings. The van der Waals surface area contributed by atoms with Gasteiger partial charge in [0, 0.05) is 0 Å². The Hall–Kier alpha value is -0.650. The Labute approximate surface area is 58.8 Å². The van der Waals surface area contributed by atoms with Gasteiger partial charge in [0.25, 0.3) is 0 Å². The normalized spacial score (nSPS) is 18.5. The first kappa shape index (κ1) is 7.46. The van der Waals surface area contributed by atoms with Gasteiger partial charge >= 0.3 is 10.4 Å². The van der Waals surface area contributed by atoms with E-state index in [9.17, 15) is 8.42 Å². The Morgan fingerprint density at radius 2 is 1.80 bits per heavy atom. The number of allylic oxidation sites excluding steroid dienone is 2. The third-order valence-corrected chi connectivity index (χ3v) is 1.41. The molecule has 0 aliphatic heterocycles. The molecule has 0 aromatic carbocycles. The Kier molecular flexibility index (Phi) is 1.89. The van der Waals surface area contributed by atoms with Gasteiger partial charge in [-0.1, -0.05) is 24.3 Å². The summed E-state index contributed by atoms with van der Waals surface area (Å²) in [7, 11) is -4.31. The summed E-state index contributed by atoms with van der Waals surface area (Å²) >= 11 is 0. The highest BCUT2D eigenvalue weighted by Crippen LogP contribution is 2.06. The van der Waals surface area contributed by atoms with Gasteiger partial charge in [0.1, 0.15) is 6.10 Å². The lowest BCUT2D eigenvalue weighted by Crippen LogP contribution is -2.11. The molecule has 0 aromatic rings. The van der Waals surface area contributed by atoms with Crippen molar-refractivity contribution < 1.29 is 17.2 Å². The van der Waals surface area contributed by atoms with Crippen LogP contribution in [0.4, 0.5) is 0 Å². The van der Waals surface area contributed by atoms with Crippen molar-refractivity contribution in [3.63, 3.8) is 0 Å². The van der Waals surface area contributed by atoms with Gasteiger partial charge in [0.2, 0.25) is 0 Å². The summed E-state index contributed by atoms with van der Waals surface area (Å²) in [6.45, 7) is 0. The fourth-order valence-electron chi connectivity index (χ4n) is 0.616. The molecule has 0 spiro atoms. The minimum atomic E-state index is -4.31. The zero-order valence-electron chi connectivity index (χ0n) is 4.97. The first-order valence-electron chi connectivity index (χ1n) is 2.58. The molecule has 1 aliphatic carbocycles. The first-order chi connectivity index (χ1) is 4.58. The molecule has 1 N–H and O–H groups in total. The molecule has 1 rings (SSSR count). The van der Waals surface area contributed by atoms with E-state index in [2.05, 4.69) is 4.18 Å². The van der Waals surface area contributed by atoms with Crippen LogP contribution >= 0.6 is 0 Å². The van der Waals surface area contributed by atoms with Gasteiger partial charge in [-0.25, -0.2) is 4.18 Å². The van der Waals surface area contributed by atoms with Gasteiger partial charge in [-0.05, 0) is 0 Å². The molecule has 0 fully saturated rings. The number of hydrogen-bond acceptors (Lipinski definition) is 3. The van der Waals surface area contributed by atoms with Gasteiger partial charge in [-0.3, -0.25) is 4.55 Å². The summed E-state index contributed by atoms with van der Waals surface area (Å²) in [6, 6.07) is 0. The molecule has 0 unspecified atom stereocenters. The van der Waals surface area contributed by atoms with Crippen LogP contribution in [-0.4, -0.2) is 19.1 Å². The number of hydrogen-bond donors (Lipinski definition) is 1. The maximum Gasteiger partial charge on any atom is 0.398 e. The molecule has 5 heteroatoms. The maximum absolute atomic E-state index is 10.1. The quantitative estimate of drug-likeness (QED) is 0.593. The molecule has 0 saturated heterocycles. The van der Waals surface area contributed by atoms with Gasteiger partial charge in [0.15, 0.2) is 0 Å². The highest BCUT2D eigenvalue weighted by atomic mass is 32.3. The Morgan fingerprint density at radius 1 is 1.30 bits per heavy atom. The van der Waals surface area contributed by atoms with Crippen LogP contribution in [0.1, 0.15) is 0 Å². The summed E-state index contributed by atoms with van der Waals surface area (Å²) < 4.78 is 32.4. The van der Waals surface area contributed by atoms with Crippen molar-refractivity contribution in [2.24, 2.45) is 0 Å². The fourth-order valence-corrected chi connectivity index (χ4v) is 1.03. The van der Waals surface area contributed by atoms with Crippen LogP contribution in [0.25, 0.3) is 0 Å². The first-order valence-corrected chi connectivity index (χ1v) is 3.95. The zero-order chi connectivity index (χ0) is 7.61. The van der Waals surface area contributed by atoms with Crippen molar-refractivity contribution in [1.82, 2.24) is 0 Å². The molecule has 4 nitrogen and oxygen atoms in total. The van der Waals surface area contributed by atoms with E-state index >= 15 is 0 Å². The topological polar surface area (TPSA) is 63.6 Å². The third kappa shape index (κ3) is 2.30. The van der Waals surface area contributed by atoms with Gasteiger partial charge < -0.3 is 0 Å². The predicted molar refractivity (Wildman–Crippen MR) is 34.7 cm³/mol. The zero-order valence-corrected chi connectivity index (χ0v) is 5.78. The minimum absolute atomic E-state index is 0.644. The Morgan fingerprint density at radius 3 is 2.20 bits per heavy atom. The van der Waals surface area contributed by atoms with Crippen molar-refractivity contribution in [2.75, 3.05) is 0 Å². The molecule has 0 atom stereocenters. The minimum Gasteiger partial charge on any atom is -0.264 e. The van der Waals surface area contributed by atoms with E-state index in [-0.39, 0.29) is 0 Å². The Balaban J connectivity index is 2.56. The van der Waals surface area contributed by atoms with E-state index in [1.807, 2.05) is 0 Å². The van der Waals surface area contributed by atoms with Crippen LogP contribution in [0.5, 0.6) is 0 Å². The van der Waals surface area contributed by atoms with Crippen LogP contribution in [0.15, 0.2) is 24.3 Å². The van der Waals surface area contributed by atoms with E-state index in [4.69, 9.17) is 4.55 Å². The van der Waals surface area contributed by atoms with Gasteiger partial charge in [-0.15, -0.1) is 0 Å². The van der Waals surface area contributed by atoms with Gasteiger partial charge in [0.05, 0.1) is 0 Å². The lowest BCUT2D eigenvalue weighted by atomic mass is 10.4. The monoisotopic (exact) mass is 162 g/mol.